The Balaban J connectivity index is 1.40. The molecule has 1 aliphatic heterocycles. The number of fused-ring (bicyclic) bond motifs is 1. The summed E-state index contributed by atoms with van der Waals surface area (Å²) in [6, 6.07) is 5.91. The molecule has 3 N–H and O–H groups in total. The van der Waals surface area contributed by atoms with Crippen LogP contribution in [0.2, 0.25) is 0 Å². The molecule has 1 saturated carbocycles. The first-order chi connectivity index (χ1) is 17.7. The summed E-state index contributed by atoms with van der Waals surface area (Å²) in [6.45, 7) is 7.02. The lowest BCUT2D eigenvalue weighted by molar-refractivity contribution is -0.119. The van der Waals surface area contributed by atoms with Crippen LogP contribution in [0.25, 0.3) is 11.0 Å². The number of hydrogen-bond donors (Lipinski definition) is 3. The van der Waals surface area contributed by atoms with Gasteiger partial charge in [-0.05, 0) is 82.2 Å². The Labute approximate surface area is 221 Å². The molecule has 8 nitrogen and oxygen atoms in total. The van der Waals surface area contributed by atoms with Crippen LogP contribution in [0.15, 0.2) is 34.1 Å². The molecule has 0 bridgehead atoms. The van der Waals surface area contributed by atoms with E-state index in [4.69, 9.17) is 0 Å². The minimum Gasteiger partial charge on any atom is -0.356 e. The highest BCUT2D eigenvalue weighted by Crippen LogP contribution is 2.47. The number of aromatic amines is 1. The average Bonchev–Trinajstić information content (AvgIpc) is 3.38. The number of thioether (sulfide) groups is 1. The van der Waals surface area contributed by atoms with Crippen LogP contribution in [0.4, 0.5) is 0 Å². The third-order valence-electron chi connectivity index (χ3n) is 8.49. The maximum Gasteiger partial charge on any atom is 0.254 e. The van der Waals surface area contributed by atoms with Crippen LogP contribution < -0.4 is 16.2 Å². The Morgan fingerprint density at radius 3 is 2.73 bits per heavy atom. The van der Waals surface area contributed by atoms with E-state index in [0.717, 1.165) is 59.5 Å². The van der Waals surface area contributed by atoms with Crippen LogP contribution in [-0.2, 0) is 11.3 Å². The normalized spacial score (nSPS) is 22.4. The quantitative estimate of drug-likeness (QED) is 0.420. The molecule has 1 aliphatic carbocycles. The Hall–Kier alpha value is -3.07. The van der Waals surface area contributed by atoms with E-state index in [1.807, 2.05) is 38.3 Å². The molecule has 1 saturated heterocycles. The van der Waals surface area contributed by atoms with Gasteiger partial charge in [0.2, 0.25) is 5.91 Å². The maximum absolute atomic E-state index is 13.5. The van der Waals surface area contributed by atoms with Crippen molar-refractivity contribution in [3.8, 4) is 0 Å². The Morgan fingerprint density at radius 2 is 2.05 bits per heavy atom. The number of aryl methyl sites for hydroxylation is 1. The number of rotatable bonds is 6. The van der Waals surface area contributed by atoms with E-state index in [9.17, 15) is 14.4 Å². The van der Waals surface area contributed by atoms with Gasteiger partial charge in [0.15, 0.2) is 0 Å². The largest absolute Gasteiger partial charge is 0.356 e. The summed E-state index contributed by atoms with van der Waals surface area (Å²) in [5, 5.41) is 6.84. The second-order valence-corrected chi connectivity index (χ2v) is 11.6. The second kappa shape index (κ2) is 10.0. The molecular formula is C28H35N5O3S. The molecule has 9 heteroatoms. The molecular weight excluding hydrogens is 486 g/mol. The molecule has 37 heavy (non-hydrogen) atoms. The summed E-state index contributed by atoms with van der Waals surface area (Å²) in [7, 11) is 0. The van der Waals surface area contributed by atoms with Gasteiger partial charge < -0.3 is 20.2 Å². The van der Waals surface area contributed by atoms with Crippen molar-refractivity contribution in [1.29, 1.82) is 0 Å². The molecule has 0 aromatic carbocycles. The minimum atomic E-state index is -0.202. The zero-order valence-corrected chi connectivity index (χ0v) is 22.8. The number of amides is 2. The highest BCUT2D eigenvalue weighted by atomic mass is 32.2. The van der Waals surface area contributed by atoms with Crippen LogP contribution in [0.3, 0.4) is 0 Å². The predicted octanol–water partition coefficient (Wildman–Crippen LogP) is 4.25. The van der Waals surface area contributed by atoms with Gasteiger partial charge in [0, 0.05) is 59.0 Å². The molecule has 5 rings (SSSR count). The Morgan fingerprint density at radius 1 is 1.30 bits per heavy atom. The molecule has 1 spiro atoms. The Bertz CT molecular complexity index is 1420. The van der Waals surface area contributed by atoms with Gasteiger partial charge in [-0.3, -0.25) is 14.4 Å². The molecule has 1 unspecified atom stereocenters. The van der Waals surface area contributed by atoms with Gasteiger partial charge in [-0.25, -0.2) is 4.98 Å². The molecule has 2 aliphatic rings. The highest BCUT2D eigenvalue weighted by Gasteiger charge is 2.42. The Kier molecular flexibility index (Phi) is 6.91. The van der Waals surface area contributed by atoms with E-state index < -0.39 is 0 Å². The summed E-state index contributed by atoms with van der Waals surface area (Å²) < 4.78 is 2.22. The zero-order valence-electron chi connectivity index (χ0n) is 21.9. The summed E-state index contributed by atoms with van der Waals surface area (Å²) in [6.07, 6.45) is 8.54. The van der Waals surface area contributed by atoms with Gasteiger partial charge in [0.1, 0.15) is 5.65 Å². The van der Waals surface area contributed by atoms with Crippen molar-refractivity contribution in [2.24, 2.45) is 11.3 Å². The summed E-state index contributed by atoms with van der Waals surface area (Å²) >= 11 is 1.50. The molecule has 3 aromatic rings. The third-order valence-corrected chi connectivity index (χ3v) is 9.29. The summed E-state index contributed by atoms with van der Waals surface area (Å²) in [5.41, 5.74) is 3.63. The van der Waals surface area contributed by atoms with Crippen molar-refractivity contribution in [2.75, 3.05) is 12.8 Å². The van der Waals surface area contributed by atoms with Crippen molar-refractivity contribution in [2.45, 2.75) is 70.4 Å². The lowest BCUT2D eigenvalue weighted by atomic mass is 9.68. The van der Waals surface area contributed by atoms with Crippen molar-refractivity contribution in [3.05, 3.63) is 57.3 Å². The lowest BCUT2D eigenvalue weighted by Crippen LogP contribution is -2.32. The number of carbonyl (C=O) groups is 2. The summed E-state index contributed by atoms with van der Waals surface area (Å²) in [5.74, 6) is 0.422. The van der Waals surface area contributed by atoms with Crippen LogP contribution in [-0.4, -0.2) is 39.1 Å². The van der Waals surface area contributed by atoms with E-state index in [2.05, 4.69) is 32.1 Å². The smallest absolute Gasteiger partial charge is 0.254 e. The number of hydrogen-bond acceptors (Lipinski definition) is 5. The van der Waals surface area contributed by atoms with Crippen LogP contribution in [0.1, 0.15) is 72.4 Å². The number of nitrogens with one attached hydrogen (secondary N) is 3. The second-order valence-electron chi connectivity index (χ2n) is 10.7. The van der Waals surface area contributed by atoms with Crippen molar-refractivity contribution in [1.82, 2.24) is 25.2 Å². The zero-order chi connectivity index (χ0) is 26.3. The lowest BCUT2D eigenvalue weighted by Gasteiger charge is -2.39. The van der Waals surface area contributed by atoms with Gasteiger partial charge in [0.25, 0.3) is 11.5 Å². The number of nitrogens with zero attached hydrogens (tertiary/aromatic N) is 2. The van der Waals surface area contributed by atoms with Gasteiger partial charge >= 0.3 is 0 Å². The monoisotopic (exact) mass is 521 g/mol. The van der Waals surface area contributed by atoms with Crippen molar-refractivity contribution >= 4 is 34.6 Å². The first-order valence-electron chi connectivity index (χ1n) is 13.0. The van der Waals surface area contributed by atoms with Gasteiger partial charge in [-0.2, -0.15) is 0 Å². The van der Waals surface area contributed by atoms with Gasteiger partial charge in [-0.15, -0.1) is 11.8 Å². The van der Waals surface area contributed by atoms with Crippen molar-refractivity contribution in [3.63, 3.8) is 0 Å². The van der Waals surface area contributed by atoms with Gasteiger partial charge in [-0.1, -0.05) is 0 Å². The highest BCUT2D eigenvalue weighted by molar-refractivity contribution is 7.98. The first kappa shape index (κ1) is 25.6. The number of H-pyrrole nitrogens is 1. The minimum absolute atomic E-state index is 0.119. The fourth-order valence-electron chi connectivity index (χ4n) is 6.39. The number of pyridine rings is 2. The molecule has 196 valence electrons. The molecule has 0 radical (unpaired) electrons. The van der Waals surface area contributed by atoms with Crippen molar-refractivity contribution < 1.29 is 9.59 Å². The first-order valence-corrected chi connectivity index (χ1v) is 14.2. The molecule has 4 heterocycles. The number of aromatic nitrogens is 3. The predicted molar refractivity (Wildman–Crippen MR) is 146 cm³/mol. The van der Waals surface area contributed by atoms with E-state index in [-0.39, 0.29) is 35.4 Å². The van der Waals surface area contributed by atoms with Gasteiger partial charge in [0.05, 0.1) is 5.56 Å². The fourth-order valence-corrected chi connectivity index (χ4v) is 7.09. The SMILES string of the molecule is CSc1cc(C)[nH]c(=O)c1CNC(=O)c1c(C)n(C(C)C2CCC3(CC2)CNC(=O)C3)c2ncccc12. The molecule has 3 aromatic heterocycles. The molecule has 1 atom stereocenters. The van der Waals surface area contributed by atoms with E-state index in [1.165, 1.54) is 11.8 Å². The average molecular weight is 522 g/mol. The van der Waals surface area contributed by atoms with Crippen LogP contribution >= 0.6 is 11.8 Å². The summed E-state index contributed by atoms with van der Waals surface area (Å²) in [4.78, 5) is 46.3. The van der Waals surface area contributed by atoms with E-state index in [0.29, 0.717) is 23.5 Å². The van der Waals surface area contributed by atoms with Crippen LogP contribution in [0.5, 0.6) is 0 Å². The standard InChI is InChI=1S/C28H35N5O3S/c1-16-12-22(37-4)21(26(35)32-16)14-30-27(36)24-18(3)33(25-20(24)6-5-11-29-25)17(2)19-7-9-28(10-8-19)13-23(34)31-15-28/h5-6,11-12,17,19H,7-10,13-15H2,1-4H3,(H,30,36)(H,31,34)(H,32,35). The molecule has 2 fully saturated rings. The van der Waals surface area contributed by atoms with Crippen LogP contribution in [0, 0.1) is 25.2 Å². The fraction of sp³-hybridized carbons (Fsp3) is 0.500. The van der Waals surface area contributed by atoms with E-state index >= 15 is 0 Å². The topological polar surface area (TPSA) is 109 Å². The van der Waals surface area contributed by atoms with E-state index in [1.54, 1.807) is 6.20 Å². The number of carbonyl (C=O) groups excluding carboxylic acids is 2. The molecule has 2 amide bonds. The third kappa shape index (κ3) is 4.69. The maximum atomic E-state index is 13.5.